The molecule has 0 radical (unpaired) electrons. The van der Waals surface area contributed by atoms with E-state index in [1.54, 1.807) is 49.6 Å². The van der Waals surface area contributed by atoms with Gasteiger partial charge in [0.1, 0.15) is 12.4 Å². The lowest BCUT2D eigenvalue weighted by Gasteiger charge is -2.12. The number of benzene rings is 2. The monoisotopic (exact) mass is 361 g/mol. The van der Waals surface area contributed by atoms with Crippen molar-refractivity contribution in [2.75, 3.05) is 20.8 Å². The lowest BCUT2D eigenvalue weighted by molar-refractivity contribution is 0.0951. The molecule has 2 aromatic rings. The molecule has 1 N–H and O–H groups in total. The summed E-state index contributed by atoms with van der Waals surface area (Å²) < 4.78 is 15.8. The number of rotatable bonds is 8. The van der Waals surface area contributed by atoms with Gasteiger partial charge in [-0.2, -0.15) is 0 Å². The smallest absolute Gasteiger partial charge is 0.251 e. The Kier molecular flexibility index (Phi) is 6.71. The van der Waals surface area contributed by atoms with Gasteiger partial charge in [0.15, 0.2) is 11.5 Å². The molecule has 0 saturated carbocycles. The largest absolute Gasteiger partial charge is 0.493 e. The van der Waals surface area contributed by atoms with Crippen molar-refractivity contribution in [3.63, 3.8) is 0 Å². The standard InChI is InChI=1S/C19H20ClNO4/c1-4-9-25-15-7-5-13(6-8-15)19(22)21-12-14-10-17(23-2)18(24-3)11-16(14)20/h4-8,10-11H,1,9,12H2,2-3H3,(H,21,22). The van der Waals surface area contributed by atoms with Gasteiger partial charge < -0.3 is 19.5 Å². The molecule has 0 heterocycles. The summed E-state index contributed by atoms with van der Waals surface area (Å²) in [5.41, 5.74) is 1.26. The van der Waals surface area contributed by atoms with Crippen molar-refractivity contribution in [2.45, 2.75) is 6.54 Å². The first-order chi connectivity index (χ1) is 12.1. The predicted molar refractivity (Wildman–Crippen MR) is 97.9 cm³/mol. The molecular formula is C19H20ClNO4. The normalized spacial score (nSPS) is 10.0. The van der Waals surface area contributed by atoms with Crippen LogP contribution in [0.2, 0.25) is 5.02 Å². The molecule has 5 nitrogen and oxygen atoms in total. The number of hydrogen-bond acceptors (Lipinski definition) is 4. The van der Waals surface area contributed by atoms with Crippen molar-refractivity contribution >= 4 is 17.5 Å². The van der Waals surface area contributed by atoms with E-state index in [9.17, 15) is 4.79 Å². The molecule has 0 aliphatic heterocycles. The van der Waals surface area contributed by atoms with Gasteiger partial charge in [0.25, 0.3) is 5.91 Å². The lowest BCUT2D eigenvalue weighted by atomic mass is 10.1. The van der Waals surface area contributed by atoms with Crippen LogP contribution >= 0.6 is 11.6 Å². The van der Waals surface area contributed by atoms with E-state index < -0.39 is 0 Å². The summed E-state index contributed by atoms with van der Waals surface area (Å²) in [6.45, 7) is 4.28. The van der Waals surface area contributed by atoms with Crippen molar-refractivity contribution in [2.24, 2.45) is 0 Å². The van der Waals surface area contributed by atoms with E-state index in [2.05, 4.69) is 11.9 Å². The molecule has 2 aromatic carbocycles. The van der Waals surface area contributed by atoms with Crippen LogP contribution in [0.4, 0.5) is 0 Å². The van der Waals surface area contributed by atoms with E-state index >= 15 is 0 Å². The van der Waals surface area contributed by atoms with Crippen LogP contribution in [0.25, 0.3) is 0 Å². The maximum absolute atomic E-state index is 12.3. The third-order valence-corrected chi connectivity index (χ3v) is 3.83. The van der Waals surface area contributed by atoms with Crippen LogP contribution in [0.5, 0.6) is 17.2 Å². The Balaban J connectivity index is 2.03. The fraction of sp³-hybridized carbons (Fsp3) is 0.211. The summed E-state index contributed by atoms with van der Waals surface area (Å²) in [7, 11) is 3.09. The van der Waals surface area contributed by atoms with Gasteiger partial charge in [-0.1, -0.05) is 24.3 Å². The third-order valence-electron chi connectivity index (χ3n) is 3.48. The molecule has 6 heteroatoms. The van der Waals surface area contributed by atoms with Crippen LogP contribution in [0.3, 0.4) is 0 Å². The summed E-state index contributed by atoms with van der Waals surface area (Å²) >= 11 is 6.22. The van der Waals surface area contributed by atoms with E-state index in [4.69, 9.17) is 25.8 Å². The zero-order valence-corrected chi connectivity index (χ0v) is 14.9. The maximum Gasteiger partial charge on any atom is 0.251 e. The fourth-order valence-electron chi connectivity index (χ4n) is 2.17. The molecule has 2 rings (SSSR count). The van der Waals surface area contributed by atoms with Gasteiger partial charge in [-0.05, 0) is 35.9 Å². The van der Waals surface area contributed by atoms with Crippen molar-refractivity contribution in [1.29, 1.82) is 0 Å². The molecule has 0 saturated heterocycles. The SMILES string of the molecule is C=CCOc1ccc(C(=O)NCc2cc(OC)c(OC)cc2Cl)cc1. The molecule has 132 valence electrons. The molecule has 0 aliphatic carbocycles. The van der Waals surface area contributed by atoms with Gasteiger partial charge >= 0.3 is 0 Å². The topological polar surface area (TPSA) is 56.8 Å². The lowest BCUT2D eigenvalue weighted by Crippen LogP contribution is -2.22. The molecule has 0 atom stereocenters. The molecule has 0 spiro atoms. The number of carbonyl (C=O) groups is 1. The summed E-state index contributed by atoms with van der Waals surface area (Å²) in [5.74, 6) is 1.57. The van der Waals surface area contributed by atoms with Gasteiger partial charge in [-0.15, -0.1) is 0 Å². The molecule has 0 bridgehead atoms. The van der Waals surface area contributed by atoms with Crippen molar-refractivity contribution in [3.05, 3.63) is 65.2 Å². The van der Waals surface area contributed by atoms with Crippen molar-refractivity contribution in [1.82, 2.24) is 5.32 Å². The zero-order chi connectivity index (χ0) is 18.2. The van der Waals surface area contributed by atoms with Crippen molar-refractivity contribution in [3.8, 4) is 17.2 Å². The molecule has 0 fully saturated rings. The molecule has 0 unspecified atom stereocenters. The number of ether oxygens (including phenoxy) is 3. The molecular weight excluding hydrogens is 342 g/mol. The molecule has 1 amide bonds. The second kappa shape index (κ2) is 8.99. The summed E-state index contributed by atoms with van der Waals surface area (Å²) in [5, 5.41) is 3.32. The Morgan fingerprint density at radius 3 is 2.40 bits per heavy atom. The highest BCUT2D eigenvalue weighted by atomic mass is 35.5. The maximum atomic E-state index is 12.3. The zero-order valence-electron chi connectivity index (χ0n) is 14.2. The van der Waals surface area contributed by atoms with Gasteiger partial charge in [0.2, 0.25) is 0 Å². The Hall–Kier alpha value is -2.66. The molecule has 0 aliphatic rings. The summed E-state index contributed by atoms with van der Waals surface area (Å²) in [6, 6.07) is 10.3. The van der Waals surface area contributed by atoms with Crippen LogP contribution in [0.1, 0.15) is 15.9 Å². The van der Waals surface area contributed by atoms with Gasteiger partial charge in [0, 0.05) is 23.2 Å². The first-order valence-electron chi connectivity index (χ1n) is 7.61. The Morgan fingerprint density at radius 1 is 1.16 bits per heavy atom. The van der Waals surface area contributed by atoms with Crippen LogP contribution in [0.15, 0.2) is 49.1 Å². The number of amides is 1. The average molecular weight is 362 g/mol. The fourth-order valence-corrected chi connectivity index (χ4v) is 2.39. The Labute approximate surface area is 152 Å². The number of hydrogen-bond donors (Lipinski definition) is 1. The Bertz CT molecular complexity index is 744. The minimum absolute atomic E-state index is 0.207. The molecule has 25 heavy (non-hydrogen) atoms. The average Bonchev–Trinajstić information content (AvgIpc) is 2.65. The minimum Gasteiger partial charge on any atom is -0.493 e. The second-order valence-electron chi connectivity index (χ2n) is 5.11. The van der Waals surface area contributed by atoms with E-state index in [-0.39, 0.29) is 12.5 Å². The quantitative estimate of drug-likeness (QED) is 0.725. The van der Waals surface area contributed by atoms with Crippen LogP contribution < -0.4 is 19.5 Å². The van der Waals surface area contributed by atoms with Crippen LogP contribution in [-0.4, -0.2) is 26.7 Å². The first kappa shape index (κ1) is 18.7. The highest BCUT2D eigenvalue weighted by Crippen LogP contribution is 2.33. The highest BCUT2D eigenvalue weighted by Gasteiger charge is 2.12. The van der Waals surface area contributed by atoms with E-state index in [0.29, 0.717) is 34.4 Å². The number of carbonyl (C=O) groups excluding carboxylic acids is 1. The van der Waals surface area contributed by atoms with E-state index in [1.165, 1.54) is 7.11 Å². The second-order valence-corrected chi connectivity index (χ2v) is 5.51. The summed E-state index contributed by atoms with van der Waals surface area (Å²) in [6.07, 6.45) is 1.66. The van der Waals surface area contributed by atoms with Crippen LogP contribution in [0, 0.1) is 0 Å². The number of nitrogens with one attached hydrogen (secondary N) is 1. The molecule has 0 aromatic heterocycles. The van der Waals surface area contributed by atoms with Crippen molar-refractivity contribution < 1.29 is 19.0 Å². The minimum atomic E-state index is -0.207. The van der Waals surface area contributed by atoms with E-state index in [0.717, 1.165) is 5.56 Å². The van der Waals surface area contributed by atoms with Gasteiger partial charge in [0.05, 0.1) is 14.2 Å². The number of methoxy groups -OCH3 is 2. The predicted octanol–water partition coefficient (Wildman–Crippen LogP) is 3.85. The van der Waals surface area contributed by atoms with Gasteiger partial charge in [-0.3, -0.25) is 4.79 Å². The first-order valence-corrected chi connectivity index (χ1v) is 7.99. The highest BCUT2D eigenvalue weighted by molar-refractivity contribution is 6.31. The van der Waals surface area contributed by atoms with E-state index in [1.807, 2.05) is 0 Å². The van der Waals surface area contributed by atoms with Gasteiger partial charge in [-0.25, -0.2) is 0 Å². The van der Waals surface area contributed by atoms with Crippen LogP contribution in [-0.2, 0) is 6.54 Å². The third kappa shape index (κ3) is 4.90. The number of halogens is 1. The summed E-state index contributed by atoms with van der Waals surface area (Å²) in [4.78, 5) is 12.3. The Morgan fingerprint density at radius 2 is 1.80 bits per heavy atom.